The summed E-state index contributed by atoms with van der Waals surface area (Å²) in [6, 6.07) is 21.8. The van der Waals surface area contributed by atoms with Crippen LogP contribution in [0.4, 0.5) is 0 Å². The van der Waals surface area contributed by atoms with Gasteiger partial charge in [-0.1, -0.05) is 59.3 Å². The van der Waals surface area contributed by atoms with Crippen LogP contribution in [0.3, 0.4) is 0 Å². The minimum absolute atomic E-state index is 0.686. The molecular formula is C24H22ClN3O2S. The summed E-state index contributed by atoms with van der Waals surface area (Å²) in [5, 5.41) is 10.5. The molecule has 0 atom stereocenters. The van der Waals surface area contributed by atoms with Crippen LogP contribution < -0.4 is 9.47 Å². The first-order chi connectivity index (χ1) is 15.1. The van der Waals surface area contributed by atoms with Crippen molar-refractivity contribution in [3.05, 3.63) is 82.9 Å². The SMILES string of the molecule is COc1cc(OC)cc(-c2nnc(SCc3ccccc3Cl)n2-c2ccc(C)cc2)c1. The maximum atomic E-state index is 6.35. The van der Waals surface area contributed by atoms with Crippen molar-refractivity contribution < 1.29 is 9.47 Å². The average Bonchev–Trinajstić information content (AvgIpc) is 3.22. The Morgan fingerprint density at radius 3 is 2.23 bits per heavy atom. The fourth-order valence-corrected chi connectivity index (χ4v) is 4.41. The summed E-state index contributed by atoms with van der Waals surface area (Å²) >= 11 is 7.94. The van der Waals surface area contributed by atoms with Crippen LogP contribution in [0.2, 0.25) is 5.02 Å². The van der Waals surface area contributed by atoms with Crippen molar-refractivity contribution in [2.75, 3.05) is 14.2 Å². The van der Waals surface area contributed by atoms with Gasteiger partial charge in [-0.2, -0.15) is 0 Å². The van der Waals surface area contributed by atoms with E-state index in [0.717, 1.165) is 27.0 Å². The van der Waals surface area contributed by atoms with Crippen LogP contribution >= 0.6 is 23.4 Å². The largest absolute Gasteiger partial charge is 0.497 e. The van der Waals surface area contributed by atoms with Gasteiger partial charge in [0.1, 0.15) is 11.5 Å². The number of aryl methyl sites for hydroxylation is 1. The summed E-state index contributed by atoms with van der Waals surface area (Å²) in [6.45, 7) is 2.07. The first-order valence-electron chi connectivity index (χ1n) is 9.71. The Morgan fingerprint density at radius 1 is 0.903 bits per heavy atom. The van der Waals surface area contributed by atoms with Crippen LogP contribution in [-0.4, -0.2) is 29.0 Å². The number of hydrogen-bond acceptors (Lipinski definition) is 5. The molecule has 0 aliphatic heterocycles. The Hall–Kier alpha value is -2.96. The molecule has 3 aromatic carbocycles. The summed E-state index contributed by atoms with van der Waals surface area (Å²) < 4.78 is 12.9. The van der Waals surface area contributed by atoms with Gasteiger partial charge in [-0.25, -0.2) is 0 Å². The summed E-state index contributed by atoms with van der Waals surface area (Å²) in [6.07, 6.45) is 0. The zero-order chi connectivity index (χ0) is 21.8. The molecule has 4 rings (SSSR count). The van der Waals surface area contributed by atoms with Crippen molar-refractivity contribution in [3.8, 4) is 28.6 Å². The molecule has 0 aliphatic carbocycles. The van der Waals surface area contributed by atoms with Gasteiger partial charge in [-0.05, 0) is 42.8 Å². The average molecular weight is 452 g/mol. The lowest BCUT2D eigenvalue weighted by Crippen LogP contribution is -2.00. The third kappa shape index (κ3) is 4.70. The monoisotopic (exact) mass is 451 g/mol. The molecule has 0 radical (unpaired) electrons. The van der Waals surface area contributed by atoms with Crippen molar-refractivity contribution in [2.45, 2.75) is 17.8 Å². The van der Waals surface area contributed by atoms with Gasteiger partial charge >= 0.3 is 0 Å². The highest BCUT2D eigenvalue weighted by molar-refractivity contribution is 7.98. The van der Waals surface area contributed by atoms with Crippen molar-refractivity contribution >= 4 is 23.4 Å². The predicted octanol–water partition coefficient (Wildman–Crippen LogP) is 6.21. The van der Waals surface area contributed by atoms with Crippen LogP contribution in [0.1, 0.15) is 11.1 Å². The molecule has 0 spiro atoms. The maximum absolute atomic E-state index is 6.35. The van der Waals surface area contributed by atoms with Gasteiger partial charge < -0.3 is 9.47 Å². The lowest BCUT2D eigenvalue weighted by Gasteiger charge is -2.13. The first kappa shape index (κ1) is 21.3. The highest BCUT2D eigenvalue weighted by Crippen LogP contribution is 2.34. The van der Waals surface area contributed by atoms with E-state index in [1.54, 1.807) is 26.0 Å². The van der Waals surface area contributed by atoms with E-state index in [9.17, 15) is 0 Å². The Balaban J connectivity index is 1.79. The van der Waals surface area contributed by atoms with Gasteiger partial charge in [0.05, 0.1) is 14.2 Å². The summed E-state index contributed by atoms with van der Waals surface area (Å²) in [7, 11) is 3.27. The van der Waals surface area contributed by atoms with Crippen LogP contribution in [0, 0.1) is 6.92 Å². The van der Waals surface area contributed by atoms with Crippen molar-refractivity contribution in [1.82, 2.24) is 14.8 Å². The lowest BCUT2D eigenvalue weighted by molar-refractivity contribution is 0.394. The zero-order valence-corrected chi connectivity index (χ0v) is 19.1. The lowest BCUT2D eigenvalue weighted by atomic mass is 10.1. The molecule has 1 heterocycles. The summed E-state index contributed by atoms with van der Waals surface area (Å²) in [5.74, 6) is 2.78. The van der Waals surface area contributed by atoms with E-state index in [1.165, 1.54) is 5.56 Å². The zero-order valence-electron chi connectivity index (χ0n) is 17.5. The second kappa shape index (κ2) is 9.45. The van der Waals surface area contributed by atoms with E-state index in [1.807, 2.05) is 42.5 Å². The highest BCUT2D eigenvalue weighted by Gasteiger charge is 2.18. The number of hydrogen-bond donors (Lipinski definition) is 0. The van der Waals surface area contributed by atoms with Crippen LogP contribution in [0.25, 0.3) is 17.1 Å². The molecule has 0 fully saturated rings. The van der Waals surface area contributed by atoms with Crippen LogP contribution in [0.5, 0.6) is 11.5 Å². The van der Waals surface area contributed by atoms with Gasteiger partial charge in [0.25, 0.3) is 0 Å². The number of nitrogens with zero attached hydrogens (tertiary/aromatic N) is 3. The number of ether oxygens (including phenoxy) is 2. The minimum Gasteiger partial charge on any atom is -0.497 e. The Morgan fingerprint density at radius 2 is 1.58 bits per heavy atom. The van der Waals surface area contributed by atoms with Crippen molar-refractivity contribution in [1.29, 1.82) is 0 Å². The molecule has 0 aliphatic rings. The quantitative estimate of drug-likeness (QED) is 0.313. The van der Waals surface area contributed by atoms with Gasteiger partial charge in [0.2, 0.25) is 0 Å². The molecule has 31 heavy (non-hydrogen) atoms. The number of rotatable bonds is 7. The third-order valence-corrected chi connectivity index (χ3v) is 6.20. The molecule has 1 aromatic heterocycles. The minimum atomic E-state index is 0.686. The van der Waals surface area contributed by atoms with E-state index < -0.39 is 0 Å². The summed E-state index contributed by atoms with van der Waals surface area (Å²) in [5.41, 5.74) is 4.08. The molecule has 0 N–H and O–H groups in total. The molecule has 7 heteroatoms. The van der Waals surface area contributed by atoms with Crippen LogP contribution in [-0.2, 0) is 5.75 Å². The Bertz CT molecular complexity index is 1170. The highest BCUT2D eigenvalue weighted by atomic mass is 35.5. The fraction of sp³-hybridized carbons (Fsp3) is 0.167. The van der Waals surface area contributed by atoms with E-state index >= 15 is 0 Å². The van der Waals surface area contributed by atoms with E-state index in [0.29, 0.717) is 23.1 Å². The third-order valence-electron chi connectivity index (χ3n) is 4.85. The number of methoxy groups -OCH3 is 2. The standard InChI is InChI=1S/C24H22ClN3O2S/c1-16-8-10-19(11-9-16)28-23(18-12-20(29-2)14-21(13-18)30-3)26-27-24(28)31-15-17-6-4-5-7-22(17)25/h4-14H,15H2,1-3H3. The fourth-order valence-electron chi connectivity index (χ4n) is 3.17. The normalized spacial score (nSPS) is 10.8. The summed E-state index contributed by atoms with van der Waals surface area (Å²) in [4.78, 5) is 0. The molecule has 0 saturated heterocycles. The first-order valence-corrected chi connectivity index (χ1v) is 11.1. The van der Waals surface area contributed by atoms with Gasteiger partial charge in [0.15, 0.2) is 11.0 Å². The Kier molecular flexibility index (Phi) is 6.49. The predicted molar refractivity (Wildman–Crippen MR) is 126 cm³/mol. The van der Waals surface area contributed by atoms with Gasteiger partial charge in [0, 0.05) is 28.1 Å². The molecule has 0 bridgehead atoms. The molecule has 0 amide bonds. The molecule has 4 aromatic rings. The molecule has 0 saturated carbocycles. The molecule has 0 unspecified atom stereocenters. The maximum Gasteiger partial charge on any atom is 0.196 e. The molecular weight excluding hydrogens is 430 g/mol. The van der Waals surface area contributed by atoms with E-state index in [-0.39, 0.29) is 0 Å². The smallest absolute Gasteiger partial charge is 0.196 e. The Labute approximate surface area is 191 Å². The van der Waals surface area contributed by atoms with Gasteiger partial charge in [-0.15, -0.1) is 10.2 Å². The van der Waals surface area contributed by atoms with E-state index in [2.05, 4.69) is 46.0 Å². The number of aromatic nitrogens is 3. The number of benzene rings is 3. The second-order valence-corrected chi connectivity index (χ2v) is 8.31. The van der Waals surface area contributed by atoms with Gasteiger partial charge in [-0.3, -0.25) is 4.57 Å². The van der Waals surface area contributed by atoms with E-state index in [4.69, 9.17) is 21.1 Å². The van der Waals surface area contributed by atoms with Crippen LogP contribution in [0.15, 0.2) is 71.9 Å². The van der Waals surface area contributed by atoms with Crippen molar-refractivity contribution in [3.63, 3.8) is 0 Å². The second-order valence-electron chi connectivity index (χ2n) is 6.96. The molecule has 5 nitrogen and oxygen atoms in total. The topological polar surface area (TPSA) is 49.2 Å². The number of halogens is 1. The molecule has 158 valence electrons. The van der Waals surface area contributed by atoms with Crippen molar-refractivity contribution in [2.24, 2.45) is 0 Å². The number of thioether (sulfide) groups is 1.